The van der Waals surface area contributed by atoms with Crippen LogP contribution < -0.4 is 5.32 Å². The fourth-order valence-electron chi connectivity index (χ4n) is 1.36. The van der Waals surface area contributed by atoms with Crippen LogP contribution >= 0.6 is 15.9 Å². The summed E-state index contributed by atoms with van der Waals surface area (Å²) >= 11 is 3.35. The van der Waals surface area contributed by atoms with Crippen LogP contribution in [0.1, 0.15) is 5.56 Å². The zero-order valence-corrected chi connectivity index (χ0v) is 12.3. The number of rotatable bonds is 5. The van der Waals surface area contributed by atoms with Crippen molar-refractivity contribution in [1.29, 1.82) is 0 Å². The third-order valence-electron chi connectivity index (χ3n) is 2.16. The smallest absolute Gasteiger partial charge is 0.239 e. The molecule has 1 aromatic rings. The van der Waals surface area contributed by atoms with E-state index in [0.717, 1.165) is 10.0 Å². The molecule has 0 aliphatic rings. The van der Waals surface area contributed by atoms with Gasteiger partial charge in [0.05, 0.1) is 5.75 Å². The third-order valence-corrected chi connectivity index (χ3v) is 4.50. The first-order chi connectivity index (χ1) is 8.34. The highest BCUT2D eigenvalue weighted by atomic mass is 79.9. The molecule has 0 unspecified atom stereocenters. The molecule has 0 aromatic heterocycles. The predicted molar refractivity (Wildman–Crippen MR) is 76.4 cm³/mol. The van der Waals surface area contributed by atoms with Crippen LogP contribution in [-0.4, -0.2) is 25.8 Å². The van der Waals surface area contributed by atoms with E-state index in [1.165, 1.54) is 6.08 Å². The van der Waals surface area contributed by atoms with Gasteiger partial charge in [-0.1, -0.05) is 22.0 Å². The van der Waals surface area contributed by atoms with E-state index in [2.05, 4.69) is 27.8 Å². The summed E-state index contributed by atoms with van der Waals surface area (Å²) in [6, 6.07) is 5.26. The summed E-state index contributed by atoms with van der Waals surface area (Å²) in [6.07, 6.45) is 1.27. The Morgan fingerprint density at radius 2 is 2.17 bits per heavy atom. The lowest BCUT2D eigenvalue weighted by Crippen LogP contribution is -2.24. The van der Waals surface area contributed by atoms with Crippen molar-refractivity contribution in [3.8, 4) is 0 Å². The first-order valence-electron chi connectivity index (χ1n) is 5.21. The lowest BCUT2D eigenvalue weighted by molar-refractivity contribution is -0.113. The van der Waals surface area contributed by atoms with Crippen LogP contribution in [0.15, 0.2) is 35.3 Å². The van der Waals surface area contributed by atoms with Crippen LogP contribution in [0.5, 0.6) is 0 Å². The molecule has 1 aromatic carbocycles. The number of carbonyl (C=O) groups is 1. The second kappa shape index (κ2) is 6.15. The van der Waals surface area contributed by atoms with Crippen molar-refractivity contribution in [2.24, 2.45) is 0 Å². The molecule has 0 saturated heterocycles. The molecule has 0 bridgehead atoms. The predicted octanol–water partition coefficient (Wildman–Crippen LogP) is 2.30. The average molecular weight is 332 g/mol. The van der Waals surface area contributed by atoms with Crippen molar-refractivity contribution >= 4 is 37.4 Å². The largest absolute Gasteiger partial charge is 0.325 e. The minimum atomic E-state index is -3.41. The highest BCUT2D eigenvalue weighted by molar-refractivity contribution is 9.10. The number of amides is 1. The molecule has 1 amide bonds. The van der Waals surface area contributed by atoms with Gasteiger partial charge in [0, 0.05) is 10.2 Å². The monoisotopic (exact) mass is 331 g/mol. The van der Waals surface area contributed by atoms with Crippen LogP contribution in [0.3, 0.4) is 0 Å². The molecule has 0 fully saturated rings. The van der Waals surface area contributed by atoms with Gasteiger partial charge in [-0.05, 0) is 30.7 Å². The molecule has 0 heterocycles. The van der Waals surface area contributed by atoms with E-state index in [0.29, 0.717) is 5.69 Å². The Morgan fingerprint density at radius 3 is 2.72 bits per heavy atom. The van der Waals surface area contributed by atoms with Gasteiger partial charge in [0.1, 0.15) is 5.75 Å². The summed E-state index contributed by atoms with van der Waals surface area (Å²) in [5.74, 6) is -1.27. The van der Waals surface area contributed by atoms with Crippen LogP contribution in [0.4, 0.5) is 5.69 Å². The minimum Gasteiger partial charge on any atom is -0.325 e. The number of hydrogen-bond acceptors (Lipinski definition) is 3. The second-order valence-electron chi connectivity index (χ2n) is 3.86. The zero-order valence-electron chi connectivity index (χ0n) is 9.94. The van der Waals surface area contributed by atoms with Gasteiger partial charge in [-0.25, -0.2) is 8.42 Å². The normalized spacial score (nSPS) is 11.0. The molecule has 0 aliphatic carbocycles. The summed E-state index contributed by atoms with van der Waals surface area (Å²) in [5, 5.41) is 2.55. The number of aryl methyl sites for hydroxylation is 1. The van der Waals surface area contributed by atoms with Crippen LogP contribution in [0, 0.1) is 6.92 Å². The van der Waals surface area contributed by atoms with E-state index >= 15 is 0 Å². The molecule has 1 rings (SSSR count). The van der Waals surface area contributed by atoms with Gasteiger partial charge in [-0.15, -0.1) is 6.58 Å². The number of nitrogens with one attached hydrogen (secondary N) is 1. The van der Waals surface area contributed by atoms with Gasteiger partial charge in [0.25, 0.3) is 0 Å². The van der Waals surface area contributed by atoms with E-state index < -0.39 is 21.5 Å². The number of anilines is 1. The van der Waals surface area contributed by atoms with Gasteiger partial charge in [-0.2, -0.15) is 0 Å². The van der Waals surface area contributed by atoms with E-state index in [-0.39, 0.29) is 5.75 Å². The van der Waals surface area contributed by atoms with E-state index in [1.807, 2.05) is 6.92 Å². The summed E-state index contributed by atoms with van der Waals surface area (Å²) < 4.78 is 23.8. The molecule has 4 nitrogen and oxygen atoms in total. The summed E-state index contributed by atoms with van der Waals surface area (Å²) in [4.78, 5) is 11.6. The van der Waals surface area contributed by atoms with Crippen molar-refractivity contribution in [1.82, 2.24) is 0 Å². The summed E-state index contributed by atoms with van der Waals surface area (Å²) in [6.45, 7) is 5.23. The molecule has 0 radical (unpaired) electrons. The molecule has 0 spiro atoms. The Hall–Kier alpha value is -1.14. The molecule has 0 atom stereocenters. The molecule has 98 valence electrons. The van der Waals surface area contributed by atoms with Gasteiger partial charge < -0.3 is 5.32 Å². The van der Waals surface area contributed by atoms with E-state index in [9.17, 15) is 13.2 Å². The van der Waals surface area contributed by atoms with Gasteiger partial charge in [-0.3, -0.25) is 4.79 Å². The molecular weight excluding hydrogens is 318 g/mol. The number of halogens is 1. The van der Waals surface area contributed by atoms with E-state index in [4.69, 9.17) is 0 Å². The Labute approximate surface area is 115 Å². The maximum atomic E-state index is 11.6. The van der Waals surface area contributed by atoms with Crippen molar-refractivity contribution < 1.29 is 13.2 Å². The Morgan fingerprint density at radius 1 is 1.50 bits per heavy atom. The maximum Gasteiger partial charge on any atom is 0.239 e. The maximum absolute atomic E-state index is 11.6. The second-order valence-corrected chi connectivity index (χ2v) is 6.82. The Kier molecular flexibility index (Phi) is 5.10. The highest BCUT2D eigenvalue weighted by Crippen LogP contribution is 2.19. The van der Waals surface area contributed by atoms with Crippen molar-refractivity contribution in [2.45, 2.75) is 6.92 Å². The summed E-state index contributed by atoms with van der Waals surface area (Å²) in [7, 11) is -3.41. The Bertz CT molecular complexity index is 567. The fourth-order valence-corrected chi connectivity index (χ4v) is 2.55. The number of benzene rings is 1. The van der Waals surface area contributed by atoms with Crippen LogP contribution in [0.2, 0.25) is 0 Å². The molecule has 1 N–H and O–H groups in total. The standard InChI is InChI=1S/C12H14BrNO3S/c1-3-6-18(16,17)8-12(15)14-10-4-5-11(13)9(2)7-10/h3-5,7H,1,6,8H2,2H3,(H,14,15). The van der Waals surface area contributed by atoms with Crippen molar-refractivity contribution in [2.75, 3.05) is 16.8 Å². The fraction of sp³-hybridized carbons (Fsp3) is 0.250. The van der Waals surface area contributed by atoms with Gasteiger partial charge >= 0.3 is 0 Å². The molecule has 0 aliphatic heterocycles. The van der Waals surface area contributed by atoms with Crippen molar-refractivity contribution in [3.05, 3.63) is 40.9 Å². The SMILES string of the molecule is C=CCS(=O)(=O)CC(=O)Nc1ccc(Br)c(C)c1. The molecule has 18 heavy (non-hydrogen) atoms. The topological polar surface area (TPSA) is 63.2 Å². The average Bonchev–Trinajstić information content (AvgIpc) is 2.22. The lowest BCUT2D eigenvalue weighted by atomic mass is 10.2. The van der Waals surface area contributed by atoms with Crippen molar-refractivity contribution in [3.63, 3.8) is 0 Å². The van der Waals surface area contributed by atoms with Crippen LogP contribution in [0.25, 0.3) is 0 Å². The highest BCUT2D eigenvalue weighted by Gasteiger charge is 2.15. The van der Waals surface area contributed by atoms with E-state index in [1.54, 1.807) is 18.2 Å². The quantitative estimate of drug-likeness (QED) is 0.842. The number of carbonyl (C=O) groups excluding carboxylic acids is 1. The van der Waals surface area contributed by atoms with Gasteiger partial charge in [0.15, 0.2) is 9.84 Å². The Balaban J connectivity index is 2.70. The van der Waals surface area contributed by atoms with Crippen LogP contribution in [-0.2, 0) is 14.6 Å². The molecule has 6 heteroatoms. The third kappa shape index (κ3) is 4.62. The van der Waals surface area contributed by atoms with Gasteiger partial charge in [0.2, 0.25) is 5.91 Å². The zero-order chi connectivity index (χ0) is 13.8. The minimum absolute atomic E-state index is 0.195. The lowest BCUT2D eigenvalue weighted by Gasteiger charge is -2.07. The summed E-state index contributed by atoms with van der Waals surface area (Å²) in [5.41, 5.74) is 1.54. The molecule has 0 saturated carbocycles. The number of sulfone groups is 1. The molecular formula is C12H14BrNO3S. The first kappa shape index (κ1) is 14.9. The first-order valence-corrected chi connectivity index (χ1v) is 7.83. The number of hydrogen-bond donors (Lipinski definition) is 1.